The highest BCUT2D eigenvalue weighted by atomic mass is 19.4. The van der Waals surface area contributed by atoms with Gasteiger partial charge in [-0.3, -0.25) is 0 Å². The molecule has 0 atom stereocenters. The third-order valence-corrected chi connectivity index (χ3v) is 4.80. The van der Waals surface area contributed by atoms with Crippen LogP contribution in [0.5, 0.6) is 0 Å². The lowest BCUT2D eigenvalue weighted by molar-refractivity contribution is -0.143. The lowest BCUT2D eigenvalue weighted by Gasteiger charge is -2.16. The number of alkyl halides is 6. The highest BCUT2D eigenvalue weighted by Crippen LogP contribution is 2.37. The molecule has 3 rings (SSSR count). The van der Waals surface area contributed by atoms with Crippen molar-refractivity contribution in [2.45, 2.75) is 12.4 Å². The Morgan fingerprint density at radius 2 is 1.14 bits per heavy atom. The predicted octanol–water partition coefficient (Wildman–Crippen LogP) is 6.43. The van der Waals surface area contributed by atoms with Crippen molar-refractivity contribution >= 4 is 29.3 Å². The van der Waals surface area contributed by atoms with Gasteiger partial charge in [-0.15, -0.1) is 0 Å². The number of carboxylic acid groups (broad SMARTS) is 2. The van der Waals surface area contributed by atoms with Gasteiger partial charge in [0.25, 0.3) is 0 Å². The molecule has 0 bridgehead atoms. The van der Waals surface area contributed by atoms with Gasteiger partial charge in [-0.1, -0.05) is 18.2 Å². The second kappa shape index (κ2) is 9.60. The summed E-state index contributed by atoms with van der Waals surface area (Å²) < 4.78 is 78.4. The first-order valence-electron chi connectivity index (χ1n) is 9.73. The van der Waals surface area contributed by atoms with Crippen LogP contribution in [0.25, 0.3) is 11.1 Å². The summed E-state index contributed by atoms with van der Waals surface area (Å²) in [7, 11) is 0. The Bertz CT molecular complexity index is 1300. The van der Waals surface area contributed by atoms with Crippen LogP contribution in [0, 0.1) is 0 Å². The molecule has 0 radical (unpaired) electrons. The second-order valence-corrected chi connectivity index (χ2v) is 7.32. The zero-order chi connectivity index (χ0) is 26.8. The Balaban J connectivity index is 1.97. The van der Waals surface area contributed by atoms with E-state index in [9.17, 15) is 45.8 Å². The molecular weight excluding hydrogens is 498 g/mol. The molecule has 0 aliphatic carbocycles. The van der Waals surface area contributed by atoms with E-state index in [1.54, 1.807) is 0 Å². The molecule has 7 nitrogen and oxygen atoms in total. The number of carboxylic acids is 2. The molecule has 0 saturated heterocycles. The summed E-state index contributed by atoms with van der Waals surface area (Å²) in [4.78, 5) is 34.9. The molecule has 0 fully saturated rings. The first-order valence-corrected chi connectivity index (χ1v) is 9.73. The lowest BCUT2D eigenvalue weighted by Crippen LogP contribution is -2.21. The average Bonchev–Trinajstić information content (AvgIpc) is 2.77. The van der Waals surface area contributed by atoms with Crippen LogP contribution >= 0.6 is 0 Å². The van der Waals surface area contributed by atoms with Crippen molar-refractivity contribution in [2.24, 2.45) is 0 Å². The number of anilines is 2. The molecule has 188 valence electrons. The summed E-state index contributed by atoms with van der Waals surface area (Å²) in [6.45, 7) is 0. The van der Waals surface area contributed by atoms with Crippen molar-refractivity contribution in [3.8, 4) is 11.1 Å². The molecule has 0 aliphatic heterocycles. The zero-order valence-electron chi connectivity index (χ0n) is 17.7. The summed E-state index contributed by atoms with van der Waals surface area (Å²) in [5.74, 6) is -2.58. The summed E-state index contributed by atoms with van der Waals surface area (Å²) in [6.07, 6.45) is -10.3. The highest BCUT2D eigenvalue weighted by molar-refractivity contribution is 6.04. The third kappa shape index (κ3) is 6.11. The molecule has 3 aromatic carbocycles. The fourth-order valence-corrected chi connectivity index (χ4v) is 3.14. The summed E-state index contributed by atoms with van der Waals surface area (Å²) in [5.41, 5.74) is -4.04. The second-order valence-electron chi connectivity index (χ2n) is 7.32. The minimum atomic E-state index is -5.13. The van der Waals surface area contributed by atoms with Crippen LogP contribution in [-0.4, -0.2) is 28.2 Å². The fourth-order valence-electron chi connectivity index (χ4n) is 3.14. The lowest BCUT2D eigenvalue weighted by atomic mass is 10.00. The van der Waals surface area contributed by atoms with Crippen molar-refractivity contribution in [1.29, 1.82) is 0 Å². The summed E-state index contributed by atoms with van der Waals surface area (Å²) in [5, 5.41) is 22.4. The van der Waals surface area contributed by atoms with E-state index >= 15 is 0 Å². The SMILES string of the molecule is O=C(Nc1cc(C(F)(F)F)cc(C(F)(F)F)c1)Nc1cc(C(=O)O)ccc1-c1ccc(C(=O)O)cc1. The zero-order valence-corrected chi connectivity index (χ0v) is 17.7. The monoisotopic (exact) mass is 512 g/mol. The fraction of sp³-hybridized carbons (Fsp3) is 0.0870. The van der Waals surface area contributed by atoms with Gasteiger partial charge in [0.05, 0.1) is 27.9 Å². The molecule has 0 aliphatic rings. The number of rotatable bonds is 5. The van der Waals surface area contributed by atoms with Crippen molar-refractivity contribution in [3.05, 3.63) is 82.9 Å². The number of hydrogen-bond donors (Lipinski definition) is 4. The topological polar surface area (TPSA) is 116 Å². The van der Waals surface area contributed by atoms with E-state index in [2.05, 4.69) is 5.32 Å². The Labute approximate surface area is 198 Å². The summed E-state index contributed by atoms with van der Waals surface area (Å²) >= 11 is 0. The molecule has 0 saturated carbocycles. The van der Waals surface area contributed by atoms with Crippen molar-refractivity contribution < 1.29 is 50.9 Å². The maximum atomic E-state index is 13.1. The quantitative estimate of drug-likeness (QED) is 0.294. The van der Waals surface area contributed by atoms with E-state index in [4.69, 9.17) is 5.11 Å². The largest absolute Gasteiger partial charge is 0.478 e. The number of urea groups is 1. The summed E-state index contributed by atoms with van der Waals surface area (Å²) in [6, 6.07) is 8.00. The molecule has 36 heavy (non-hydrogen) atoms. The van der Waals surface area contributed by atoms with Gasteiger partial charge in [0.2, 0.25) is 0 Å². The molecule has 13 heteroatoms. The first-order chi connectivity index (χ1) is 16.6. The minimum absolute atomic E-state index is 0.0572. The van der Waals surface area contributed by atoms with E-state index < -0.39 is 47.1 Å². The van der Waals surface area contributed by atoms with Gasteiger partial charge in [0, 0.05) is 11.3 Å². The Kier molecular flexibility index (Phi) is 6.95. The van der Waals surface area contributed by atoms with E-state index in [1.165, 1.54) is 36.4 Å². The van der Waals surface area contributed by atoms with Gasteiger partial charge < -0.3 is 20.8 Å². The van der Waals surface area contributed by atoms with E-state index in [0.717, 1.165) is 6.07 Å². The number of benzene rings is 3. The van der Waals surface area contributed by atoms with Crippen molar-refractivity contribution in [3.63, 3.8) is 0 Å². The molecule has 4 N–H and O–H groups in total. The molecule has 0 heterocycles. The molecule has 0 spiro atoms. The standard InChI is InChI=1S/C23H14F6N2O5/c24-22(25,26)14-8-15(23(27,28)29)10-16(9-14)30-21(36)31-18-7-13(20(34)35)5-6-17(18)11-1-3-12(4-2-11)19(32)33/h1-10H,(H,32,33)(H,34,35)(H2,30,31,36). The predicted molar refractivity (Wildman–Crippen MR) is 115 cm³/mol. The molecule has 2 amide bonds. The normalized spacial score (nSPS) is 11.6. The van der Waals surface area contributed by atoms with Gasteiger partial charge in [-0.05, 0) is 48.0 Å². The molecule has 3 aromatic rings. The van der Waals surface area contributed by atoms with E-state index in [-0.39, 0.29) is 28.4 Å². The Morgan fingerprint density at radius 3 is 1.61 bits per heavy atom. The number of carbonyl (C=O) groups excluding carboxylic acids is 1. The smallest absolute Gasteiger partial charge is 0.416 e. The highest BCUT2D eigenvalue weighted by Gasteiger charge is 2.37. The van der Waals surface area contributed by atoms with Crippen LogP contribution in [-0.2, 0) is 12.4 Å². The van der Waals surface area contributed by atoms with E-state index in [0.29, 0.717) is 17.7 Å². The van der Waals surface area contributed by atoms with Crippen LogP contribution in [0.15, 0.2) is 60.7 Å². The first kappa shape index (κ1) is 26.1. The maximum Gasteiger partial charge on any atom is 0.416 e. The van der Waals surface area contributed by atoms with Gasteiger partial charge >= 0.3 is 30.3 Å². The van der Waals surface area contributed by atoms with Gasteiger partial charge in [0.15, 0.2) is 0 Å². The number of halogens is 6. The Morgan fingerprint density at radius 1 is 0.639 bits per heavy atom. The average molecular weight is 512 g/mol. The minimum Gasteiger partial charge on any atom is -0.478 e. The van der Waals surface area contributed by atoms with Crippen LogP contribution in [0.3, 0.4) is 0 Å². The molecule has 0 unspecified atom stereocenters. The van der Waals surface area contributed by atoms with Crippen molar-refractivity contribution in [1.82, 2.24) is 0 Å². The molecular formula is C23H14F6N2O5. The third-order valence-electron chi connectivity index (χ3n) is 4.80. The van der Waals surface area contributed by atoms with Gasteiger partial charge in [-0.2, -0.15) is 26.3 Å². The van der Waals surface area contributed by atoms with E-state index in [1.807, 2.05) is 5.32 Å². The van der Waals surface area contributed by atoms with Crippen LogP contribution < -0.4 is 10.6 Å². The number of nitrogens with one attached hydrogen (secondary N) is 2. The van der Waals surface area contributed by atoms with Crippen LogP contribution in [0.2, 0.25) is 0 Å². The van der Waals surface area contributed by atoms with Gasteiger partial charge in [-0.25, -0.2) is 14.4 Å². The van der Waals surface area contributed by atoms with Crippen LogP contribution in [0.1, 0.15) is 31.8 Å². The van der Waals surface area contributed by atoms with Crippen molar-refractivity contribution in [2.75, 3.05) is 10.6 Å². The number of amides is 2. The van der Waals surface area contributed by atoms with Crippen LogP contribution in [0.4, 0.5) is 42.5 Å². The number of aromatic carboxylic acids is 2. The number of hydrogen-bond acceptors (Lipinski definition) is 3. The maximum absolute atomic E-state index is 13.1. The number of carbonyl (C=O) groups is 3. The van der Waals surface area contributed by atoms with Gasteiger partial charge in [0.1, 0.15) is 0 Å². The Hall–Kier alpha value is -4.55. The molecule has 0 aromatic heterocycles.